The van der Waals surface area contributed by atoms with Crippen molar-refractivity contribution in [1.82, 2.24) is 0 Å². The lowest BCUT2D eigenvalue weighted by molar-refractivity contribution is -0.158. The molecule has 1 rings (SSSR count). The summed E-state index contributed by atoms with van der Waals surface area (Å²) in [6.07, 6.45) is -0.267. The average Bonchev–Trinajstić information content (AvgIpc) is 2.27. The lowest BCUT2D eigenvalue weighted by atomic mass is 9.99. The third-order valence-electron chi connectivity index (χ3n) is 2.31. The topological polar surface area (TPSA) is 63.6 Å². The minimum atomic E-state index is -1.42. The van der Waals surface area contributed by atoms with Gasteiger partial charge in [0, 0.05) is 5.02 Å². The van der Waals surface area contributed by atoms with Gasteiger partial charge in [-0.2, -0.15) is 0 Å². The fraction of sp³-hybridized carbons (Fsp3) is 0.333. The van der Waals surface area contributed by atoms with E-state index in [4.69, 9.17) is 16.7 Å². The van der Waals surface area contributed by atoms with Gasteiger partial charge in [0.05, 0.1) is 6.61 Å². The lowest BCUT2D eigenvalue weighted by Gasteiger charge is -2.11. The van der Waals surface area contributed by atoms with E-state index in [1.165, 1.54) is 12.1 Å². The largest absolute Gasteiger partial charge is 0.481 e. The van der Waals surface area contributed by atoms with E-state index < -0.39 is 23.7 Å². The van der Waals surface area contributed by atoms with E-state index in [0.717, 1.165) is 6.07 Å². The van der Waals surface area contributed by atoms with E-state index in [1.54, 1.807) is 6.92 Å². The van der Waals surface area contributed by atoms with Crippen molar-refractivity contribution in [3.05, 3.63) is 34.6 Å². The third kappa shape index (κ3) is 3.70. The van der Waals surface area contributed by atoms with Crippen molar-refractivity contribution in [2.75, 3.05) is 6.61 Å². The van der Waals surface area contributed by atoms with Gasteiger partial charge in [-0.05, 0) is 31.0 Å². The molecule has 0 heterocycles. The molecule has 1 aromatic rings. The molecule has 0 amide bonds. The molecule has 1 aromatic carbocycles. The van der Waals surface area contributed by atoms with Crippen molar-refractivity contribution < 1.29 is 23.8 Å². The molecule has 0 radical (unpaired) electrons. The van der Waals surface area contributed by atoms with Gasteiger partial charge in [0.1, 0.15) is 5.82 Å². The van der Waals surface area contributed by atoms with Crippen LogP contribution >= 0.6 is 11.6 Å². The molecule has 0 aliphatic rings. The fourth-order valence-corrected chi connectivity index (χ4v) is 1.58. The second kappa shape index (κ2) is 6.35. The van der Waals surface area contributed by atoms with Crippen LogP contribution in [0, 0.1) is 11.7 Å². The Balaban J connectivity index is 2.90. The van der Waals surface area contributed by atoms with E-state index in [0.29, 0.717) is 0 Å². The van der Waals surface area contributed by atoms with Crippen molar-refractivity contribution in [3.8, 4) is 0 Å². The monoisotopic (exact) mass is 274 g/mol. The highest BCUT2D eigenvalue weighted by Crippen LogP contribution is 2.18. The first-order chi connectivity index (χ1) is 8.45. The highest BCUT2D eigenvalue weighted by Gasteiger charge is 2.28. The minimum absolute atomic E-state index is 0.0751. The summed E-state index contributed by atoms with van der Waals surface area (Å²) < 4.78 is 18.1. The molecule has 1 atom stereocenters. The van der Waals surface area contributed by atoms with E-state index in [1.807, 2.05) is 0 Å². The SMILES string of the molecule is CCOC(=O)C(Cc1ccc(Cl)cc1F)C(=O)O. The lowest BCUT2D eigenvalue weighted by Crippen LogP contribution is -2.28. The zero-order valence-corrected chi connectivity index (χ0v) is 10.4. The Morgan fingerprint density at radius 3 is 2.67 bits per heavy atom. The standard InChI is InChI=1S/C12H12ClFO4/c1-2-18-12(17)9(11(15)16)5-7-3-4-8(13)6-10(7)14/h3-4,6,9H,2,5H2,1H3,(H,15,16). The van der Waals surface area contributed by atoms with Crippen molar-refractivity contribution >= 4 is 23.5 Å². The Labute approximate surface area is 108 Å². The van der Waals surface area contributed by atoms with Gasteiger partial charge in [-0.15, -0.1) is 0 Å². The number of hydrogen-bond donors (Lipinski definition) is 1. The second-order valence-electron chi connectivity index (χ2n) is 3.58. The molecule has 0 aliphatic heterocycles. The molecule has 0 fully saturated rings. The molecule has 0 saturated heterocycles. The van der Waals surface area contributed by atoms with Gasteiger partial charge in [0.2, 0.25) is 0 Å². The van der Waals surface area contributed by atoms with Gasteiger partial charge in [-0.25, -0.2) is 4.39 Å². The first-order valence-corrected chi connectivity index (χ1v) is 5.66. The molecular weight excluding hydrogens is 263 g/mol. The number of carbonyl (C=O) groups is 2. The molecule has 6 heteroatoms. The number of aliphatic carboxylic acids is 1. The van der Waals surface area contributed by atoms with Gasteiger partial charge < -0.3 is 9.84 Å². The van der Waals surface area contributed by atoms with Crippen molar-refractivity contribution in [1.29, 1.82) is 0 Å². The predicted octanol–water partition coefficient (Wildman–Crippen LogP) is 2.29. The zero-order chi connectivity index (χ0) is 13.7. The van der Waals surface area contributed by atoms with Gasteiger partial charge >= 0.3 is 11.9 Å². The molecule has 1 N–H and O–H groups in total. The first-order valence-electron chi connectivity index (χ1n) is 5.29. The van der Waals surface area contributed by atoms with Crippen molar-refractivity contribution in [2.24, 2.45) is 5.92 Å². The van der Waals surface area contributed by atoms with Gasteiger partial charge in [-0.1, -0.05) is 17.7 Å². The summed E-state index contributed by atoms with van der Waals surface area (Å²) in [6, 6.07) is 3.86. The highest BCUT2D eigenvalue weighted by molar-refractivity contribution is 6.30. The number of benzene rings is 1. The molecule has 0 aliphatic carbocycles. The molecule has 0 aromatic heterocycles. The van der Waals surface area contributed by atoms with Crippen LogP contribution in [0.1, 0.15) is 12.5 Å². The summed E-state index contributed by atoms with van der Waals surface area (Å²) >= 11 is 5.58. The Morgan fingerprint density at radius 2 is 2.17 bits per heavy atom. The number of carbonyl (C=O) groups excluding carboxylic acids is 1. The van der Waals surface area contributed by atoms with E-state index in [2.05, 4.69) is 4.74 Å². The number of rotatable bonds is 5. The van der Waals surface area contributed by atoms with Gasteiger partial charge in [0.15, 0.2) is 5.92 Å². The highest BCUT2D eigenvalue weighted by atomic mass is 35.5. The summed E-state index contributed by atoms with van der Waals surface area (Å²) in [5.41, 5.74) is 0.111. The van der Waals surface area contributed by atoms with E-state index in [-0.39, 0.29) is 23.6 Å². The average molecular weight is 275 g/mol. The number of carboxylic acid groups (broad SMARTS) is 1. The summed E-state index contributed by atoms with van der Waals surface area (Å²) in [5, 5.41) is 9.14. The molecular formula is C12H12ClFO4. The normalized spacial score (nSPS) is 11.9. The van der Waals surface area contributed by atoms with Crippen LogP contribution in [-0.2, 0) is 20.7 Å². The number of hydrogen-bond acceptors (Lipinski definition) is 3. The third-order valence-corrected chi connectivity index (χ3v) is 2.54. The summed E-state index contributed by atoms with van der Waals surface area (Å²) in [7, 11) is 0. The van der Waals surface area contributed by atoms with Gasteiger partial charge in [0.25, 0.3) is 0 Å². The molecule has 18 heavy (non-hydrogen) atoms. The number of carboxylic acids is 1. The Morgan fingerprint density at radius 1 is 1.50 bits per heavy atom. The smallest absolute Gasteiger partial charge is 0.320 e. The first kappa shape index (κ1) is 14.4. The number of ether oxygens (including phenoxy) is 1. The summed E-state index contributed by atoms with van der Waals surface area (Å²) in [5.74, 6) is -4.28. The number of esters is 1. The molecule has 0 spiro atoms. The van der Waals surface area contributed by atoms with Crippen LogP contribution in [0.2, 0.25) is 5.02 Å². The zero-order valence-electron chi connectivity index (χ0n) is 9.65. The second-order valence-corrected chi connectivity index (χ2v) is 4.02. The van der Waals surface area contributed by atoms with Crippen LogP contribution in [0.25, 0.3) is 0 Å². The van der Waals surface area contributed by atoms with Crippen LogP contribution in [0.3, 0.4) is 0 Å². The van der Waals surface area contributed by atoms with Crippen LogP contribution in [0.4, 0.5) is 4.39 Å². The maximum atomic E-state index is 13.5. The van der Waals surface area contributed by atoms with E-state index >= 15 is 0 Å². The van der Waals surface area contributed by atoms with E-state index in [9.17, 15) is 14.0 Å². The summed E-state index contributed by atoms with van der Waals surface area (Å²) in [4.78, 5) is 22.4. The number of halogens is 2. The maximum Gasteiger partial charge on any atom is 0.320 e. The van der Waals surface area contributed by atoms with Crippen molar-refractivity contribution in [3.63, 3.8) is 0 Å². The van der Waals surface area contributed by atoms with Crippen LogP contribution in [0.5, 0.6) is 0 Å². The molecule has 1 unspecified atom stereocenters. The van der Waals surface area contributed by atoms with Crippen molar-refractivity contribution in [2.45, 2.75) is 13.3 Å². The quantitative estimate of drug-likeness (QED) is 0.661. The maximum absolute atomic E-state index is 13.5. The van der Waals surface area contributed by atoms with Crippen LogP contribution in [-0.4, -0.2) is 23.7 Å². The Bertz CT molecular complexity index is 461. The fourth-order valence-electron chi connectivity index (χ4n) is 1.42. The molecule has 4 nitrogen and oxygen atoms in total. The van der Waals surface area contributed by atoms with Gasteiger partial charge in [-0.3, -0.25) is 9.59 Å². The molecule has 0 bridgehead atoms. The molecule has 0 saturated carbocycles. The summed E-state index contributed by atoms with van der Waals surface area (Å²) in [6.45, 7) is 1.64. The van der Waals surface area contributed by atoms with Crippen LogP contribution in [0.15, 0.2) is 18.2 Å². The Hall–Kier alpha value is -1.62. The predicted molar refractivity (Wildman–Crippen MR) is 62.9 cm³/mol. The molecule has 98 valence electrons. The van der Waals surface area contributed by atoms with Crippen LogP contribution < -0.4 is 0 Å². The minimum Gasteiger partial charge on any atom is -0.481 e. The Kier molecular flexibility index (Phi) is 5.09.